The van der Waals surface area contributed by atoms with Crippen LogP contribution in [0.4, 0.5) is 0 Å². The van der Waals surface area contributed by atoms with Crippen molar-refractivity contribution in [2.45, 2.75) is 6.92 Å². The zero-order chi connectivity index (χ0) is 13.0. The lowest BCUT2D eigenvalue weighted by atomic mass is 10.1. The molecule has 0 unspecified atom stereocenters. The largest absolute Gasteiger partial charge is 0.305 e. The first-order chi connectivity index (χ1) is 9.24. The van der Waals surface area contributed by atoms with Crippen molar-refractivity contribution in [1.82, 2.24) is 4.40 Å². The Morgan fingerprint density at radius 1 is 1.00 bits per heavy atom. The van der Waals surface area contributed by atoms with Crippen molar-refractivity contribution in [2.24, 2.45) is 7.05 Å². The first-order valence-corrected chi connectivity index (χ1v) is 6.53. The van der Waals surface area contributed by atoms with Crippen molar-refractivity contribution < 1.29 is 4.57 Å². The van der Waals surface area contributed by atoms with Crippen LogP contribution < -0.4 is 4.57 Å². The van der Waals surface area contributed by atoms with E-state index in [1.54, 1.807) is 0 Å². The van der Waals surface area contributed by atoms with Crippen LogP contribution in [-0.4, -0.2) is 4.40 Å². The van der Waals surface area contributed by atoms with Crippen LogP contribution in [0.15, 0.2) is 54.9 Å². The molecule has 0 spiro atoms. The monoisotopic (exact) mass is 247 g/mol. The van der Waals surface area contributed by atoms with Gasteiger partial charge in [0.05, 0.1) is 0 Å². The van der Waals surface area contributed by atoms with Gasteiger partial charge in [0.2, 0.25) is 5.52 Å². The maximum absolute atomic E-state index is 2.29. The van der Waals surface area contributed by atoms with Crippen LogP contribution in [0.5, 0.6) is 0 Å². The van der Waals surface area contributed by atoms with Crippen LogP contribution in [0, 0.1) is 6.92 Å². The van der Waals surface area contributed by atoms with E-state index < -0.39 is 0 Å². The number of nitrogens with zero attached hydrogens (tertiary/aromatic N) is 2. The van der Waals surface area contributed by atoms with Gasteiger partial charge in [-0.05, 0) is 19.1 Å². The molecule has 4 aromatic rings. The molecule has 2 aromatic heterocycles. The molecule has 2 aromatic carbocycles. The molecule has 0 aliphatic rings. The minimum absolute atomic E-state index is 1.24. The smallest absolute Gasteiger partial charge is 0.229 e. The number of fused-ring (bicyclic) bond motifs is 5. The maximum atomic E-state index is 2.29. The predicted octanol–water partition coefficient (Wildman–Crippen LogP) is 3.38. The summed E-state index contributed by atoms with van der Waals surface area (Å²) in [7, 11) is 2.11. The Morgan fingerprint density at radius 2 is 1.84 bits per heavy atom. The molecule has 0 amide bonds. The van der Waals surface area contributed by atoms with E-state index in [2.05, 4.69) is 77.8 Å². The summed E-state index contributed by atoms with van der Waals surface area (Å²) in [5.74, 6) is 0. The van der Waals surface area contributed by atoms with Gasteiger partial charge in [-0.1, -0.05) is 29.8 Å². The van der Waals surface area contributed by atoms with Crippen molar-refractivity contribution in [3.05, 3.63) is 60.4 Å². The zero-order valence-corrected chi connectivity index (χ0v) is 11.1. The fraction of sp³-hybridized carbons (Fsp3) is 0.118. The first kappa shape index (κ1) is 10.6. The van der Waals surface area contributed by atoms with Crippen molar-refractivity contribution in [3.8, 4) is 0 Å². The summed E-state index contributed by atoms with van der Waals surface area (Å²) < 4.78 is 4.49. The highest BCUT2D eigenvalue weighted by molar-refractivity contribution is 5.99. The molecule has 92 valence electrons. The summed E-state index contributed by atoms with van der Waals surface area (Å²) in [5.41, 5.74) is 5.05. The number of hydrogen-bond donors (Lipinski definition) is 0. The van der Waals surface area contributed by atoms with Crippen LogP contribution in [0.2, 0.25) is 0 Å². The molecule has 0 aliphatic carbocycles. The number of para-hydroxylation sites is 2. The highest BCUT2D eigenvalue weighted by Gasteiger charge is 2.12. The summed E-state index contributed by atoms with van der Waals surface area (Å²) in [5, 5.41) is 2.61. The molecule has 0 aliphatic heterocycles. The van der Waals surface area contributed by atoms with E-state index >= 15 is 0 Å². The average molecular weight is 247 g/mol. The van der Waals surface area contributed by atoms with Crippen LogP contribution >= 0.6 is 0 Å². The molecule has 0 N–H and O–H groups in total. The zero-order valence-electron chi connectivity index (χ0n) is 11.1. The molecular formula is C17H15N2+. The van der Waals surface area contributed by atoms with Crippen LogP contribution in [0.25, 0.3) is 27.3 Å². The molecule has 2 nitrogen and oxygen atoms in total. The molecule has 0 radical (unpaired) electrons. The number of aryl methyl sites for hydroxylation is 2. The van der Waals surface area contributed by atoms with E-state index in [0.29, 0.717) is 0 Å². The lowest BCUT2D eigenvalue weighted by Gasteiger charge is -2.00. The molecule has 4 rings (SSSR count). The van der Waals surface area contributed by atoms with Gasteiger partial charge < -0.3 is 4.40 Å². The minimum atomic E-state index is 1.24. The summed E-state index contributed by atoms with van der Waals surface area (Å²) >= 11 is 0. The van der Waals surface area contributed by atoms with E-state index in [0.717, 1.165) is 0 Å². The van der Waals surface area contributed by atoms with Gasteiger partial charge in [-0.15, -0.1) is 0 Å². The summed E-state index contributed by atoms with van der Waals surface area (Å²) in [4.78, 5) is 0. The van der Waals surface area contributed by atoms with Gasteiger partial charge in [-0.25, -0.2) is 0 Å². The van der Waals surface area contributed by atoms with Crippen molar-refractivity contribution in [3.63, 3.8) is 0 Å². The quantitative estimate of drug-likeness (QED) is 0.421. The maximum Gasteiger partial charge on any atom is 0.229 e. The normalized spacial score (nSPS) is 11.7. The van der Waals surface area contributed by atoms with E-state index in [4.69, 9.17) is 0 Å². The summed E-state index contributed by atoms with van der Waals surface area (Å²) in [6.45, 7) is 2.14. The van der Waals surface area contributed by atoms with E-state index in [9.17, 15) is 0 Å². The van der Waals surface area contributed by atoms with Crippen LogP contribution in [0.1, 0.15) is 5.56 Å². The highest BCUT2D eigenvalue weighted by Crippen LogP contribution is 2.25. The topological polar surface area (TPSA) is 8.29 Å². The Kier molecular flexibility index (Phi) is 1.99. The van der Waals surface area contributed by atoms with Gasteiger partial charge in [0.25, 0.3) is 0 Å². The van der Waals surface area contributed by atoms with Gasteiger partial charge in [-0.2, -0.15) is 4.57 Å². The Labute approximate surface area is 111 Å². The minimum Gasteiger partial charge on any atom is -0.305 e. The molecule has 19 heavy (non-hydrogen) atoms. The Hall–Kier alpha value is -2.35. The molecule has 0 saturated heterocycles. The van der Waals surface area contributed by atoms with Gasteiger partial charge in [0.15, 0.2) is 6.20 Å². The number of benzene rings is 2. The second-order valence-electron chi connectivity index (χ2n) is 5.20. The second kappa shape index (κ2) is 3.58. The van der Waals surface area contributed by atoms with Crippen molar-refractivity contribution in [1.29, 1.82) is 0 Å². The SMILES string of the molecule is Cc1ccc2c(c1)cn1c2c[n+](C)c2ccccc21. The van der Waals surface area contributed by atoms with Crippen molar-refractivity contribution in [2.75, 3.05) is 0 Å². The number of hydrogen-bond acceptors (Lipinski definition) is 0. The summed E-state index contributed by atoms with van der Waals surface area (Å²) in [6, 6.07) is 15.2. The van der Waals surface area contributed by atoms with Crippen molar-refractivity contribution >= 4 is 27.3 Å². The molecule has 0 fully saturated rings. The summed E-state index contributed by atoms with van der Waals surface area (Å²) in [6.07, 6.45) is 4.44. The third-order valence-electron chi connectivity index (χ3n) is 3.85. The van der Waals surface area contributed by atoms with E-state index in [1.165, 1.54) is 32.9 Å². The predicted molar refractivity (Wildman–Crippen MR) is 78.3 cm³/mol. The highest BCUT2D eigenvalue weighted by atomic mass is 15.0. The first-order valence-electron chi connectivity index (χ1n) is 6.53. The molecule has 0 atom stereocenters. The molecule has 0 bridgehead atoms. The number of rotatable bonds is 0. The Morgan fingerprint density at radius 3 is 2.74 bits per heavy atom. The number of aromatic nitrogens is 2. The third kappa shape index (κ3) is 1.40. The molecule has 0 saturated carbocycles. The van der Waals surface area contributed by atoms with E-state index in [1.807, 2.05) is 0 Å². The fourth-order valence-electron chi connectivity index (χ4n) is 2.91. The lowest BCUT2D eigenvalue weighted by Crippen LogP contribution is -2.29. The average Bonchev–Trinajstić information content (AvgIpc) is 2.77. The third-order valence-corrected chi connectivity index (χ3v) is 3.85. The van der Waals surface area contributed by atoms with Crippen LogP contribution in [0.3, 0.4) is 0 Å². The molecule has 2 heteroatoms. The van der Waals surface area contributed by atoms with Gasteiger partial charge in [0, 0.05) is 23.0 Å². The molecule has 2 heterocycles. The van der Waals surface area contributed by atoms with Gasteiger partial charge in [-0.3, -0.25) is 0 Å². The van der Waals surface area contributed by atoms with Gasteiger partial charge >= 0.3 is 0 Å². The van der Waals surface area contributed by atoms with Gasteiger partial charge in [0.1, 0.15) is 18.1 Å². The molecular weight excluding hydrogens is 232 g/mol. The lowest BCUT2D eigenvalue weighted by molar-refractivity contribution is -0.644. The fourth-order valence-corrected chi connectivity index (χ4v) is 2.91. The van der Waals surface area contributed by atoms with E-state index in [-0.39, 0.29) is 0 Å². The standard InChI is InChI=1S/C17H15N2/c1-12-7-8-14-13(9-12)10-19-16-6-4-3-5-15(16)18(2)11-17(14)19/h3-11H,1-2H3/q+1. The Balaban J connectivity index is 2.31. The second-order valence-corrected chi connectivity index (χ2v) is 5.20. The Bertz CT molecular complexity index is 932. The van der Waals surface area contributed by atoms with Crippen LogP contribution in [-0.2, 0) is 7.05 Å².